The van der Waals surface area contributed by atoms with Gasteiger partial charge in [0.05, 0.1) is 9.75 Å². The molecule has 1 aromatic rings. The number of carbonyl (C=O) groups excluding carboxylic acids is 1. The summed E-state index contributed by atoms with van der Waals surface area (Å²) >= 11 is 6.89. The number of amides is 1. The number of rotatable bonds is 6. The number of hydrogen-bond donors (Lipinski definition) is 1. The Morgan fingerprint density at radius 3 is 2.25 bits per heavy atom. The molecule has 9 heteroatoms. The van der Waals surface area contributed by atoms with Gasteiger partial charge in [0.2, 0.25) is 5.91 Å². The highest BCUT2D eigenvalue weighted by Crippen LogP contribution is 2.31. The summed E-state index contributed by atoms with van der Waals surface area (Å²) in [5.74, 6) is 0.0335. The Hall–Kier alpha value is -0.670. The minimum atomic E-state index is -3.54. The van der Waals surface area contributed by atoms with Crippen LogP contribution in [0.2, 0.25) is 4.34 Å². The van der Waals surface area contributed by atoms with Crippen LogP contribution in [0.1, 0.15) is 26.7 Å². The molecule has 2 N–H and O–H groups in total. The Morgan fingerprint density at radius 1 is 1.25 bits per heavy atom. The molecule has 0 atom stereocenters. The van der Waals surface area contributed by atoms with Gasteiger partial charge in [-0.05, 0) is 25.0 Å². The van der Waals surface area contributed by atoms with E-state index in [0.717, 1.165) is 11.3 Å². The van der Waals surface area contributed by atoms with Crippen LogP contribution >= 0.6 is 22.9 Å². The highest BCUT2D eigenvalue weighted by Gasteiger charge is 2.39. The fraction of sp³-hybridized carbons (Fsp3) is 0.667. The van der Waals surface area contributed by atoms with E-state index in [1.807, 2.05) is 13.8 Å². The first-order valence-electron chi connectivity index (χ1n) is 8.05. The average Bonchev–Trinajstić information content (AvgIpc) is 3.04. The molecule has 0 spiro atoms. The van der Waals surface area contributed by atoms with Crippen LogP contribution in [0.25, 0.3) is 0 Å². The zero-order chi connectivity index (χ0) is 18.0. The van der Waals surface area contributed by atoms with Crippen molar-refractivity contribution in [1.29, 1.82) is 0 Å². The second-order valence-corrected chi connectivity index (χ2v) is 9.83. The largest absolute Gasteiger partial charge is 0.340 e. The third-order valence-electron chi connectivity index (χ3n) is 4.87. The summed E-state index contributed by atoms with van der Waals surface area (Å²) in [4.78, 5) is 14.5. The maximum atomic E-state index is 12.8. The van der Waals surface area contributed by atoms with Gasteiger partial charge in [-0.25, -0.2) is 8.42 Å². The van der Waals surface area contributed by atoms with Crippen LogP contribution in [-0.4, -0.2) is 56.3 Å². The van der Waals surface area contributed by atoms with Crippen molar-refractivity contribution in [1.82, 2.24) is 9.21 Å². The summed E-state index contributed by atoms with van der Waals surface area (Å²) < 4.78 is 27.3. The van der Waals surface area contributed by atoms with Crippen molar-refractivity contribution in [2.24, 2.45) is 11.1 Å². The van der Waals surface area contributed by atoms with Gasteiger partial charge in [0.1, 0.15) is 4.21 Å². The van der Waals surface area contributed by atoms with Crippen molar-refractivity contribution in [3.63, 3.8) is 0 Å². The molecule has 0 radical (unpaired) electrons. The number of nitrogens with zero attached hydrogens (tertiary/aromatic N) is 2. The molecule has 1 saturated heterocycles. The molecule has 2 heterocycles. The molecule has 1 aliphatic rings. The van der Waals surface area contributed by atoms with Crippen molar-refractivity contribution in [3.05, 3.63) is 16.5 Å². The lowest BCUT2D eigenvalue weighted by Crippen LogP contribution is -2.55. The van der Waals surface area contributed by atoms with E-state index in [-0.39, 0.29) is 23.2 Å². The van der Waals surface area contributed by atoms with Gasteiger partial charge in [0, 0.05) is 32.7 Å². The van der Waals surface area contributed by atoms with Crippen LogP contribution in [0.3, 0.4) is 0 Å². The first-order valence-corrected chi connectivity index (χ1v) is 10.7. The van der Waals surface area contributed by atoms with Gasteiger partial charge >= 0.3 is 0 Å². The van der Waals surface area contributed by atoms with E-state index in [0.29, 0.717) is 36.8 Å². The molecule has 1 aliphatic heterocycles. The Bertz CT molecular complexity index is 670. The predicted octanol–water partition coefficient (Wildman–Crippen LogP) is 2.00. The second kappa shape index (κ2) is 7.70. The van der Waals surface area contributed by atoms with Crippen LogP contribution in [0.4, 0.5) is 0 Å². The topological polar surface area (TPSA) is 83.7 Å². The molecule has 24 heavy (non-hydrogen) atoms. The van der Waals surface area contributed by atoms with E-state index < -0.39 is 15.4 Å². The monoisotopic (exact) mass is 393 g/mol. The van der Waals surface area contributed by atoms with Crippen molar-refractivity contribution < 1.29 is 13.2 Å². The molecular weight excluding hydrogens is 370 g/mol. The lowest BCUT2D eigenvalue weighted by atomic mass is 9.81. The van der Waals surface area contributed by atoms with Crippen molar-refractivity contribution >= 4 is 38.9 Å². The smallest absolute Gasteiger partial charge is 0.252 e. The molecule has 0 aliphatic carbocycles. The Kier molecular flexibility index (Phi) is 6.30. The van der Waals surface area contributed by atoms with Crippen molar-refractivity contribution in [2.75, 3.05) is 32.7 Å². The Balaban J connectivity index is 2.07. The number of nitrogens with two attached hydrogens (primary N) is 1. The second-order valence-electron chi connectivity index (χ2n) is 5.95. The van der Waals surface area contributed by atoms with E-state index >= 15 is 0 Å². The average molecular weight is 394 g/mol. The molecule has 2 rings (SSSR count). The fourth-order valence-electron chi connectivity index (χ4n) is 2.96. The Labute approximate surface area is 152 Å². The van der Waals surface area contributed by atoms with Gasteiger partial charge in [0.25, 0.3) is 10.0 Å². The first-order chi connectivity index (χ1) is 11.3. The lowest BCUT2D eigenvalue weighted by molar-refractivity contribution is -0.143. The molecule has 6 nitrogen and oxygen atoms in total. The summed E-state index contributed by atoms with van der Waals surface area (Å²) in [6.45, 7) is 5.60. The highest BCUT2D eigenvalue weighted by molar-refractivity contribution is 7.91. The minimum Gasteiger partial charge on any atom is -0.340 e. The summed E-state index contributed by atoms with van der Waals surface area (Å²) in [5.41, 5.74) is 5.31. The lowest BCUT2D eigenvalue weighted by Gasteiger charge is -2.39. The maximum Gasteiger partial charge on any atom is 0.252 e. The summed E-state index contributed by atoms with van der Waals surface area (Å²) in [6.07, 6.45) is 1.37. The first kappa shape index (κ1) is 19.7. The van der Waals surface area contributed by atoms with E-state index in [1.165, 1.54) is 10.4 Å². The van der Waals surface area contributed by atoms with Gasteiger partial charge in [-0.15, -0.1) is 11.3 Å². The molecular formula is C15H24ClN3O3S2. The zero-order valence-corrected chi connectivity index (χ0v) is 16.4. The quantitative estimate of drug-likeness (QED) is 0.801. The molecule has 1 fully saturated rings. The van der Waals surface area contributed by atoms with E-state index in [9.17, 15) is 13.2 Å². The number of carbonyl (C=O) groups is 1. The standard InChI is InChI=1S/C15H24ClN3O3S2/c1-3-15(4-2,11-17)14(20)18-7-9-19(10-8-18)24(21,22)13-6-5-12(16)23-13/h5-6H,3-4,7-11,17H2,1-2H3. The van der Waals surface area contributed by atoms with E-state index in [1.54, 1.807) is 11.0 Å². The Morgan fingerprint density at radius 2 is 1.83 bits per heavy atom. The molecule has 1 amide bonds. The number of halogens is 1. The zero-order valence-electron chi connectivity index (χ0n) is 14.0. The molecule has 0 unspecified atom stereocenters. The fourth-order valence-corrected chi connectivity index (χ4v) is 6.02. The summed E-state index contributed by atoms with van der Waals surface area (Å²) in [5, 5.41) is 0. The number of piperazine rings is 1. The maximum absolute atomic E-state index is 12.8. The molecule has 1 aromatic heterocycles. The van der Waals surface area contributed by atoms with Crippen LogP contribution in [-0.2, 0) is 14.8 Å². The van der Waals surface area contributed by atoms with Crippen LogP contribution in [0.15, 0.2) is 16.3 Å². The van der Waals surface area contributed by atoms with Gasteiger partial charge in [-0.1, -0.05) is 25.4 Å². The van der Waals surface area contributed by atoms with Crippen LogP contribution in [0, 0.1) is 5.41 Å². The van der Waals surface area contributed by atoms with E-state index in [2.05, 4.69) is 0 Å². The van der Waals surface area contributed by atoms with Gasteiger partial charge < -0.3 is 10.6 Å². The van der Waals surface area contributed by atoms with Gasteiger partial charge in [0.15, 0.2) is 0 Å². The van der Waals surface area contributed by atoms with Gasteiger partial charge in [-0.3, -0.25) is 4.79 Å². The molecule has 0 aromatic carbocycles. The van der Waals surface area contributed by atoms with Gasteiger partial charge in [-0.2, -0.15) is 4.31 Å². The third-order valence-corrected chi connectivity index (χ3v) is 8.46. The number of hydrogen-bond acceptors (Lipinski definition) is 5. The summed E-state index contributed by atoms with van der Waals surface area (Å²) in [7, 11) is -3.54. The van der Waals surface area contributed by atoms with Crippen LogP contribution < -0.4 is 5.73 Å². The minimum absolute atomic E-state index is 0.0335. The number of sulfonamides is 1. The van der Waals surface area contributed by atoms with Crippen LogP contribution in [0.5, 0.6) is 0 Å². The highest BCUT2D eigenvalue weighted by atomic mass is 35.5. The summed E-state index contributed by atoms with van der Waals surface area (Å²) in [6, 6.07) is 3.10. The van der Waals surface area contributed by atoms with E-state index in [4.69, 9.17) is 17.3 Å². The van der Waals surface area contributed by atoms with Crippen molar-refractivity contribution in [3.8, 4) is 0 Å². The number of thiophene rings is 1. The predicted molar refractivity (Wildman–Crippen MR) is 96.7 cm³/mol. The third kappa shape index (κ3) is 3.62. The molecule has 0 bridgehead atoms. The normalized spacial score (nSPS) is 17.2. The SMILES string of the molecule is CCC(CC)(CN)C(=O)N1CCN(S(=O)(=O)c2ccc(Cl)s2)CC1. The molecule has 0 saturated carbocycles. The van der Waals surface area contributed by atoms with Crippen molar-refractivity contribution in [2.45, 2.75) is 30.9 Å². The molecule has 136 valence electrons.